The van der Waals surface area contributed by atoms with Crippen LogP contribution in [0.3, 0.4) is 0 Å². The Kier molecular flexibility index (Phi) is 5.47. The van der Waals surface area contributed by atoms with Crippen LogP contribution < -0.4 is 5.56 Å². The average Bonchev–Trinajstić information content (AvgIpc) is 3.39. The summed E-state index contributed by atoms with van der Waals surface area (Å²) in [6.07, 6.45) is 6.99. The van der Waals surface area contributed by atoms with Crippen LogP contribution in [-0.4, -0.2) is 57.1 Å². The third-order valence-corrected chi connectivity index (χ3v) is 7.35. The van der Waals surface area contributed by atoms with Crippen LogP contribution in [-0.2, 0) is 17.9 Å². The number of hydrogen-bond acceptors (Lipinski definition) is 5. The predicted octanol–water partition coefficient (Wildman–Crippen LogP) is 2.06. The Labute approximate surface area is 188 Å². The quantitative estimate of drug-likeness (QED) is 0.780. The highest BCUT2D eigenvalue weighted by Gasteiger charge is 2.56. The van der Waals surface area contributed by atoms with Crippen molar-refractivity contribution in [2.24, 2.45) is 11.8 Å². The third-order valence-electron chi connectivity index (χ3n) is 7.35. The number of aliphatic hydroxyl groups excluding tert-OH is 1. The lowest BCUT2D eigenvalue weighted by molar-refractivity contribution is -0.135. The minimum atomic E-state index is -0.409. The molecule has 0 aromatic carbocycles. The monoisotopic (exact) mass is 434 g/mol. The number of fused-ring (bicyclic) bond motifs is 4. The first-order valence-electron chi connectivity index (χ1n) is 11.4. The molecule has 2 aliphatic heterocycles. The van der Waals surface area contributed by atoms with Gasteiger partial charge in [0.25, 0.3) is 5.56 Å². The molecule has 0 saturated carbocycles. The molecule has 0 radical (unpaired) electrons. The van der Waals surface area contributed by atoms with Crippen LogP contribution in [0.25, 0.3) is 5.57 Å². The van der Waals surface area contributed by atoms with E-state index in [1.807, 2.05) is 34.9 Å². The number of pyridine rings is 2. The van der Waals surface area contributed by atoms with Gasteiger partial charge in [0.05, 0.1) is 17.7 Å². The maximum atomic E-state index is 13.5. The van der Waals surface area contributed by atoms with Gasteiger partial charge >= 0.3 is 0 Å². The molecule has 7 nitrogen and oxygen atoms in total. The van der Waals surface area contributed by atoms with Gasteiger partial charge in [-0.25, -0.2) is 0 Å². The number of nitrogens with zero attached hydrogens (tertiary/aromatic N) is 4. The van der Waals surface area contributed by atoms with Crippen molar-refractivity contribution in [3.8, 4) is 0 Å². The molecule has 0 spiro atoms. The molecule has 1 aliphatic carbocycles. The van der Waals surface area contributed by atoms with Crippen LogP contribution in [0.5, 0.6) is 0 Å². The fraction of sp³-hybridized carbons (Fsp3) is 0.480. The molecular formula is C25H30N4O3. The van der Waals surface area contributed by atoms with E-state index in [4.69, 9.17) is 0 Å². The molecule has 2 aromatic rings. The van der Waals surface area contributed by atoms with E-state index in [1.165, 1.54) is 0 Å². The van der Waals surface area contributed by atoms with E-state index in [1.54, 1.807) is 25.2 Å². The molecule has 32 heavy (non-hydrogen) atoms. The van der Waals surface area contributed by atoms with Gasteiger partial charge < -0.3 is 14.6 Å². The lowest BCUT2D eigenvalue weighted by Gasteiger charge is -2.38. The number of amides is 1. The molecule has 0 unspecified atom stereocenters. The van der Waals surface area contributed by atoms with E-state index in [0.29, 0.717) is 13.1 Å². The molecule has 1 N–H and O–H groups in total. The number of aromatic nitrogens is 2. The van der Waals surface area contributed by atoms with Gasteiger partial charge in [0.15, 0.2) is 0 Å². The molecule has 1 fully saturated rings. The lowest BCUT2D eigenvalue weighted by Crippen LogP contribution is -2.46. The largest absolute Gasteiger partial charge is 0.396 e. The zero-order valence-corrected chi connectivity index (χ0v) is 18.6. The van der Waals surface area contributed by atoms with Gasteiger partial charge in [0.2, 0.25) is 5.91 Å². The summed E-state index contributed by atoms with van der Waals surface area (Å²) < 4.78 is 1.87. The van der Waals surface area contributed by atoms with Gasteiger partial charge in [-0.3, -0.25) is 19.5 Å². The first-order chi connectivity index (χ1) is 15.5. The molecule has 7 heteroatoms. The number of aliphatic hydroxyl groups is 1. The maximum absolute atomic E-state index is 13.5. The second-order valence-corrected chi connectivity index (χ2v) is 9.32. The minimum Gasteiger partial charge on any atom is -0.396 e. The molecule has 2 bridgehead atoms. The van der Waals surface area contributed by atoms with Gasteiger partial charge in [0.1, 0.15) is 0 Å². The third kappa shape index (κ3) is 3.31. The maximum Gasteiger partial charge on any atom is 0.258 e. The van der Waals surface area contributed by atoms with Crippen LogP contribution in [0.15, 0.2) is 47.4 Å². The van der Waals surface area contributed by atoms with E-state index in [0.717, 1.165) is 41.8 Å². The highest BCUT2D eigenvalue weighted by atomic mass is 16.3. The number of rotatable bonds is 5. The second kappa shape index (κ2) is 8.30. The van der Waals surface area contributed by atoms with Gasteiger partial charge in [0, 0.05) is 63.2 Å². The lowest BCUT2D eigenvalue weighted by atomic mass is 9.86. The summed E-state index contributed by atoms with van der Waals surface area (Å²) in [7, 11) is 3.51. The van der Waals surface area contributed by atoms with Crippen LogP contribution in [0.4, 0.5) is 0 Å². The summed E-state index contributed by atoms with van der Waals surface area (Å²) in [5.41, 5.74) is 3.71. The van der Waals surface area contributed by atoms with Crippen molar-refractivity contribution in [3.63, 3.8) is 0 Å². The van der Waals surface area contributed by atoms with Gasteiger partial charge in [-0.2, -0.15) is 0 Å². The highest BCUT2D eigenvalue weighted by Crippen LogP contribution is 2.49. The first kappa shape index (κ1) is 21.1. The summed E-state index contributed by atoms with van der Waals surface area (Å²) in [4.78, 5) is 35.2. The molecule has 4 heterocycles. The zero-order chi connectivity index (χ0) is 22.4. The Hall–Kier alpha value is -2.77. The van der Waals surface area contributed by atoms with Crippen molar-refractivity contribution in [1.82, 2.24) is 19.4 Å². The molecule has 1 saturated heterocycles. The standard InChI is InChI=1S/C25H30N4O3/c1-27(2)25(32)22-19(15-30)21-14-29-20(11-10-18(24(29)31)16-7-3-4-8-16)23(22)28(21)13-17-9-5-6-12-26-17/h5-7,9-12,19,21-23,30H,3-4,8,13-15H2,1-2H3/t19-,21-,22+,23+/m1/s1. The Morgan fingerprint density at radius 3 is 2.75 bits per heavy atom. The zero-order valence-electron chi connectivity index (χ0n) is 18.6. The van der Waals surface area contributed by atoms with E-state index in [2.05, 4.69) is 16.0 Å². The summed E-state index contributed by atoms with van der Waals surface area (Å²) >= 11 is 0. The van der Waals surface area contributed by atoms with Crippen LogP contribution >= 0.6 is 0 Å². The Balaban J connectivity index is 1.63. The van der Waals surface area contributed by atoms with Crippen LogP contribution in [0.2, 0.25) is 0 Å². The Bertz CT molecular complexity index is 1110. The van der Waals surface area contributed by atoms with Crippen molar-refractivity contribution in [2.45, 2.75) is 44.4 Å². The van der Waals surface area contributed by atoms with E-state index in [-0.39, 0.29) is 36.1 Å². The minimum absolute atomic E-state index is 0.00829. The number of allylic oxidation sites excluding steroid dienone is 2. The molecule has 4 atom stereocenters. The normalized spacial score (nSPS) is 26.7. The number of carbonyl (C=O) groups excluding carboxylic acids is 1. The molecular weight excluding hydrogens is 404 g/mol. The van der Waals surface area contributed by atoms with Gasteiger partial charge in [-0.05, 0) is 49.1 Å². The molecule has 5 rings (SSSR count). The van der Waals surface area contributed by atoms with E-state index < -0.39 is 5.92 Å². The number of hydrogen-bond donors (Lipinski definition) is 1. The smallest absolute Gasteiger partial charge is 0.258 e. The SMILES string of the molecule is CN(C)C(=O)[C@H]1[C@H](CO)[C@H]2Cn3c(ccc(C4=CCCC4)c3=O)[C@@H]1N2Cc1ccccn1. The van der Waals surface area contributed by atoms with Crippen LogP contribution in [0, 0.1) is 11.8 Å². The first-order valence-corrected chi connectivity index (χ1v) is 11.4. The van der Waals surface area contributed by atoms with Gasteiger partial charge in [-0.1, -0.05) is 12.1 Å². The molecule has 1 amide bonds. The fourth-order valence-electron chi connectivity index (χ4n) is 5.86. The number of carbonyl (C=O) groups is 1. The molecule has 2 aromatic heterocycles. The summed E-state index contributed by atoms with van der Waals surface area (Å²) in [6, 6.07) is 9.40. The Morgan fingerprint density at radius 2 is 2.09 bits per heavy atom. The average molecular weight is 435 g/mol. The second-order valence-electron chi connectivity index (χ2n) is 9.32. The van der Waals surface area contributed by atoms with Crippen molar-refractivity contribution in [2.75, 3.05) is 20.7 Å². The van der Waals surface area contributed by atoms with Crippen molar-refractivity contribution < 1.29 is 9.90 Å². The summed E-state index contributed by atoms with van der Waals surface area (Å²) in [5.74, 6) is -0.661. The predicted molar refractivity (Wildman–Crippen MR) is 122 cm³/mol. The van der Waals surface area contributed by atoms with Crippen LogP contribution in [0.1, 0.15) is 42.3 Å². The topological polar surface area (TPSA) is 78.7 Å². The summed E-state index contributed by atoms with van der Waals surface area (Å²) in [5, 5.41) is 10.4. The van der Waals surface area contributed by atoms with E-state index in [9.17, 15) is 14.7 Å². The van der Waals surface area contributed by atoms with Crippen molar-refractivity contribution in [1.29, 1.82) is 0 Å². The fourth-order valence-corrected chi connectivity index (χ4v) is 5.86. The Morgan fingerprint density at radius 1 is 1.25 bits per heavy atom. The summed E-state index contributed by atoms with van der Waals surface area (Å²) in [6.45, 7) is 0.955. The van der Waals surface area contributed by atoms with Gasteiger partial charge in [-0.15, -0.1) is 0 Å². The highest BCUT2D eigenvalue weighted by molar-refractivity contribution is 5.80. The molecule has 3 aliphatic rings. The van der Waals surface area contributed by atoms with E-state index >= 15 is 0 Å². The van der Waals surface area contributed by atoms with Crippen molar-refractivity contribution >= 4 is 11.5 Å². The molecule has 168 valence electrons. The van der Waals surface area contributed by atoms with Crippen molar-refractivity contribution in [3.05, 3.63) is 69.9 Å².